The monoisotopic (exact) mass is 1460 g/mol. The second-order valence-corrected chi connectivity index (χ2v) is 30.6. The molecule has 0 saturated heterocycles. The van der Waals surface area contributed by atoms with Gasteiger partial charge < -0.3 is 33.8 Å². The van der Waals surface area contributed by atoms with Crippen LogP contribution in [0, 0.1) is 0 Å². The molecule has 5 atom stereocenters. The summed E-state index contributed by atoms with van der Waals surface area (Å²) in [6, 6.07) is 0. The molecule has 100 heavy (non-hydrogen) atoms. The van der Waals surface area contributed by atoms with E-state index in [0.717, 1.165) is 148 Å². The van der Waals surface area contributed by atoms with E-state index in [-0.39, 0.29) is 25.7 Å². The molecule has 0 aromatic carbocycles. The molecule has 0 aliphatic rings. The SMILES string of the molecule is CCCCC/C=C\C/C=C\CCCCCCCC(=O)O[C@H](COC(=O)CCCCCCC/C=C\CCCCCCCC)COP(=O)(O)OC[C@H](O)COP(=O)(O)OC[C@@H](COC(=O)CCCCCCC/C=C\CCCCCCCC)OC(=O)CCCCCCCCCCCCCCCCC. The first-order valence-electron chi connectivity index (χ1n) is 40.9. The minimum absolute atomic E-state index is 0.0822. The van der Waals surface area contributed by atoms with Gasteiger partial charge in [0.2, 0.25) is 0 Å². The Kier molecular flexibility index (Phi) is 72.1. The van der Waals surface area contributed by atoms with Gasteiger partial charge in [-0.2, -0.15) is 0 Å². The first kappa shape index (κ1) is 97.0. The molecular weight excluding hydrogens is 1310 g/mol. The van der Waals surface area contributed by atoms with Crippen LogP contribution in [-0.4, -0.2) is 96.7 Å². The molecule has 0 aliphatic heterocycles. The molecule has 0 fully saturated rings. The van der Waals surface area contributed by atoms with Crippen LogP contribution in [0.1, 0.15) is 387 Å². The quantitative estimate of drug-likeness (QED) is 0.0169. The van der Waals surface area contributed by atoms with Crippen LogP contribution in [0.4, 0.5) is 0 Å². The topological polar surface area (TPSA) is 237 Å². The van der Waals surface area contributed by atoms with Crippen molar-refractivity contribution in [3.8, 4) is 0 Å². The van der Waals surface area contributed by atoms with E-state index >= 15 is 0 Å². The Morgan fingerprint density at radius 3 is 0.770 bits per heavy atom. The maximum Gasteiger partial charge on any atom is 0.472 e. The van der Waals surface area contributed by atoms with E-state index in [1.165, 1.54) is 161 Å². The molecule has 586 valence electrons. The van der Waals surface area contributed by atoms with Crippen molar-refractivity contribution in [2.24, 2.45) is 0 Å². The molecule has 2 unspecified atom stereocenters. The van der Waals surface area contributed by atoms with Gasteiger partial charge in [0.05, 0.1) is 26.4 Å². The second kappa shape index (κ2) is 74.3. The van der Waals surface area contributed by atoms with Crippen LogP contribution in [0.15, 0.2) is 48.6 Å². The summed E-state index contributed by atoms with van der Waals surface area (Å²) in [6.45, 7) is 4.90. The molecule has 0 aromatic heterocycles. The predicted molar refractivity (Wildman–Crippen MR) is 409 cm³/mol. The average molecular weight is 1460 g/mol. The summed E-state index contributed by atoms with van der Waals surface area (Å²) in [4.78, 5) is 73.0. The molecule has 0 heterocycles. The zero-order chi connectivity index (χ0) is 73.2. The van der Waals surface area contributed by atoms with E-state index in [4.69, 9.17) is 37.0 Å². The van der Waals surface area contributed by atoms with Gasteiger partial charge >= 0.3 is 39.5 Å². The van der Waals surface area contributed by atoms with Gasteiger partial charge in [-0.3, -0.25) is 37.3 Å². The lowest BCUT2D eigenvalue weighted by Gasteiger charge is -2.21. The van der Waals surface area contributed by atoms with Crippen LogP contribution in [0.3, 0.4) is 0 Å². The Morgan fingerprint density at radius 2 is 0.490 bits per heavy atom. The van der Waals surface area contributed by atoms with Gasteiger partial charge in [-0.25, -0.2) is 9.13 Å². The number of unbranched alkanes of at least 4 members (excludes halogenated alkanes) is 44. The third-order valence-electron chi connectivity index (χ3n) is 17.8. The second-order valence-electron chi connectivity index (χ2n) is 27.7. The summed E-state index contributed by atoms with van der Waals surface area (Å²) in [5.41, 5.74) is 0. The summed E-state index contributed by atoms with van der Waals surface area (Å²) < 4.78 is 68.6. The number of phosphoric acid groups is 2. The van der Waals surface area contributed by atoms with E-state index in [9.17, 15) is 43.2 Å². The number of carbonyl (C=O) groups excluding carboxylic acids is 4. The van der Waals surface area contributed by atoms with Crippen molar-refractivity contribution in [1.29, 1.82) is 0 Å². The van der Waals surface area contributed by atoms with Gasteiger partial charge in [0.15, 0.2) is 12.2 Å². The molecule has 0 aromatic rings. The number of aliphatic hydroxyl groups is 1. The van der Waals surface area contributed by atoms with Gasteiger partial charge in [-0.15, -0.1) is 0 Å². The zero-order valence-electron chi connectivity index (χ0n) is 64.1. The molecule has 0 spiro atoms. The van der Waals surface area contributed by atoms with Crippen LogP contribution in [0.2, 0.25) is 0 Å². The van der Waals surface area contributed by atoms with Crippen LogP contribution in [0.5, 0.6) is 0 Å². The third-order valence-corrected chi connectivity index (χ3v) is 19.7. The van der Waals surface area contributed by atoms with Crippen molar-refractivity contribution in [3.63, 3.8) is 0 Å². The largest absolute Gasteiger partial charge is 0.472 e. The first-order chi connectivity index (χ1) is 48.7. The summed E-state index contributed by atoms with van der Waals surface area (Å²) in [5.74, 6) is -2.17. The maximum absolute atomic E-state index is 13.1. The highest BCUT2D eigenvalue weighted by molar-refractivity contribution is 7.47. The number of esters is 4. The Bertz CT molecular complexity index is 2080. The van der Waals surface area contributed by atoms with E-state index in [2.05, 4.69) is 76.3 Å². The standard InChI is InChI=1S/C81H150O17P2/c1-5-9-13-17-21-25-29-33-37-41-45-49-53-57-61-65-78(83)91-71-76(97-80(85)67-63-59-55-51-47-43-39-35-31-27-23-19-15-11-7-3)73-95-99(87,88)93-69-75(82)70-94-100(89,90)96-74-77(98-81(86)68-64-60-56-52-48-44-40-36-32-28-24-20-16-12-8-4)72-92-79(84)66-62-58-54-50-46-42-38-34-30-26-22-18-14-10-6-2/h23,27,33-35,37-39,75-77,82H,5-22,24-26,28-32,36,40-74H2,1-4H3,(H,87,88)(H,89,90)/b27-23-,37-33-,38-34-,39-35-/t75-,76+,77+/m0/s1. The minimum Gasteiger partial charge on any atom is -0.462 e. The van der Waals surface area contributed by atoms with E-state index < -0.39 is 97.5 Å². The highest BCUT2D eigenvalue weighted by Gasteiger charge is 2.30. The van der Waals surface area contributed by atoms with E-state index in [1.54, 1.807) is 0 Å². The first-order valence-corrected chi connectivity index (χ1v) is 43.9. The number of ether oxygens (including phenoxy) is 4. The molecule has 19 heteroatoms. The average Bonchev–Trinajstić information content (AvgIpc) is 1.25. The Balaban J connectivity index is 5.34. The van der Waals surface area contributed by atoms with Crippen LogP contribution >= 0.6 is 15.6 Å². The van der Waals surface area contributed by atoms with Gasteiger partial charge in [0.1, 0.15) is 19.3 Å². The normalized spacial score (nSPS) is 14.1. The number of aliphatic hydroxyl groups excluding tert-OH is 1. The fraction of sp³-hybridized carbons (Fsp3) is 0.852. The lowest BCUT2D eigenvalue weighted by atomic mass is 10.0. The maximum atomic E-state index is 13.1. The molecule has 0 bridgehead atoms. The summed E-state index contributed by atoms with van der Waals surface area (Å²) in [5, 5.41) is 10.6. The Labute approximate surface area is 610 Å². The van der Waals surface area contributed by atoms with Crippen LogP contribution in [-0.2, 0) is 65.4 Å². The van der Waals surface area contributed by atoms with Crippen molar-refractivity contribution < 1.29 is 80.2 Å². The highest BCUT2D eigenvalue weighted by atomic mass is 31.2. The fourth-order valence-corrected chi connectivity index (χ4v) is 13.1. The minimum atomic E-state index is -4.97. The molecule has 0 aliphatic carbocycles. The molecule has 17 nitrogen and oxygen atoms in total. The summed E-state index contributed by atoms with van der Waals surface area (Å²) in [7, 11) is -9.94. The van der Waals surface area contributed by atoms with Crippen molar-refractivity contribution in [2.45, 2.75) is 406 Å². The van der Waals surface area contributed by atoms with Crippen molar-refractivity contribution in [1.82, 2.24) is 0 Å². The van der Waals surface area contributed by atoms with Gasteiger partial charge in [-0.05, 0) is 109 Å². The number of carbonyl (C=O) groups is 4. The molecule has 3 N–H and O–H groups in total. The van der Waals surface area contributed by atoms with Crippen molar-refractivity contribution >= 4 is 39.5 Å². The Morgan fingerprint density at radius 1 is 0.280 bits per heavy atom. The predicted octanol–water partition coefficient (Wildman–Crippen LogP) is 23.7. The zero-order valence-corrected chi connectivity index (χ0v) is 65.9. The lowest BCUT2D eigenvalue weighted by molar-refractivity contribution is -0.161. The highest BCUT2D eigenvalue weighted by Crippen LogP contribution is 2.45. The van der Waals surface area contributed by atoms with Gasteiger partial charge in [-0.1, -0.05) is 301 Å². The fourth-order valence-electron chi connectivity index (χ4n) is 11.5. The number of phosphoric ester groups is 2. The third kappa shape index (κ3) is 73.3. The van der Waals surface area contributed by atoms with Gasteiger partial charge in [0, 0.05) is 25.7 Å². The van der Waals surface area contributed by atoms with E-state index in [1.807, 2.05) is 0 Å². The van der Waals surface area contributed by atoms with Crippen LogP contribution in [0.25, 0.3) is 0 Å². The number of hydrogen-bond acceptors (Lipinski definition) is 15. The van der Waals surface area contributed by atoms with Gasteiger partial charge in [0.25, 0.3) is 0 Å². The van der Waals surface area contributed by atoms with E-state index in [0.29, 0.717) is 25.7 Å². The van der Waals surface area contributed by atoms with Crippen molar-refractivity contribution in [3.05, 3.63) is 48.6 Å². The molecule has 0 saturated carbocycles. The summed E-state index contributed by atoms with van der Waals surface area (Å²) in [6.07, 6.45) is 72.2. The molecule has 0 amide bonds. The summed E-state index contributed by atoms with van der Waals surface area (Å²) >= 11 is 0. The number of allylic oxidation sites excluding steroid dienone is 8. The van der Waals surface area contributed by atoms with Crippen LogP contribution < -0.4 is 0 Å². The number of hydrogen-bond donors (Lipinski definition) is 3. The molecule has 0 radical (unpaired) electrons. The molecule has 0 rings (SSSR count). The number of rotatable bonds is 78. The van der Waals surface area contributed by atoms with Crippen molar-refractivity contribution in [2.75, 3.05) is 39.6 Å². The lowest BCUT2D eigenvalue weighted by Crippen LogP contribution is -2.30. The Hall–Kier alpha value is -2.98. The molecular formula is C81H150O17P2. The smallest absolute Gasteiger partial charge is 0.462 e.